The lowest BCUT2D eigenvalue weighted by Gasteiger charge is -2.39. The summed E-state index contributed by atoms with van der Waals surface area (Å²) in [6.07, 6.45) is 3.38. The van der Waals surface area contributed by atoms with Crippen LogP contribution in [0.5, 0.6) is 0 Å². The minimum Gasteiger partial charge on any atom is -0.375 e. The van der Waals surface area contributed by atoms with Crippen LogP contribution in [0.25, 0.3) is 0 Å². The minimum atomic E-state index is 0.0554. The molecule has 1 fully saturated rings. The monoisotopic (exact) mass is 200 g/mol. The third-order valence-corrected chi connectivity index (χ3v) is 3.01. The third kappa shape index (κ3) is 3.56. The number of hydrogen-bond donors (Lipinski definition) is 1. The average molecular weight is 200 g/mol. The molecule has 0 radical (unpaired) electrons. The molecule has 0 amide bonds. The van der Waals surface area contributed by atoms with Crippen LogP contribution in [0.2, 0.25) is 0 Å². The molecular formula is C11H24N2O. The van der Waals surface area contributed by atoms with Crippen LogP contribution >= 0.6 is 0 Å². The SMILES string of the molecule is CN(CCCN)C1CCOC(C)(C)C1. The van der Waals surface area contributed by atoms with Crippen LogP contribution in [-0.2, 0) is 4.74 Å². The highest BCUT2D eigenvalue weighted by Gasteiger charge is 2.30. The van der Waals surface area contributed by atoms with Crippen molar-refractivity contribution in [3.05, 3.63) is 0 Å². The van der Waals surface area contributed by atoms with Crippen molar-refractivity contribution in [3.63, 3.8) is 0 Å². The average Bonchev–Trinajstić information content (AvgIpc) is 2.12. The van der Waals surface area contributed by atoms with Gasteiger partial charge in [0.05, 0.1) is 5.60 Å². The lowest BCUT2D eigenvalue weighted by molar-refractivity contribution is -0.0798. The second kappa shape index (κ2) is 5.10. The Labute approximate surface area is 87.6 Å². The molecule has 14 heavy (non-hydrogen) atoms. The van der Waals surface area contributed by atoms with Crippen molar-refractivity contribution < 1.29 is 4.74 Å². The maximum absolute atomic E-state index is 5.70. The van der Waals surface area contributed by atoms with Gasteiger partial charge in [0.25, 0.3) is 0 Å². The molecule has 2 N–H and O–H groups in total. The fourth-order valence-electron chi connectivity index (χ4n) is 2.10. The first-order chi connectivity index (χ1) is 6.55. The van der Waals surface area contributed by atoms with Crippen molar-refractivity contribution >= 4 is 0 Å². The van der Waals surface area contributed by atoms with Crippen LogP contribution in [0.4, 0.5) is 0 Å². The molecule has 1 saturated heterocycles. The fourth-order valence-corrected chi connectivity index (χ4v) is 2.10. The molecule has 1 aliphatic heterocycles. The molecule has 3 nitrogen and oxygen atoms in total. The van der Waals surface area contributed by atoms with Crippen molar-refractivity contribution in [1.82, 2.24) is 4.90 Å². The van der Waals surface area contributed by atoms with E-state index in [1.165, 1.54) is 0 Å². The predicted octanol–water partition coefficient (Wildman–Crippen LogP) is 1.22. The number of ether oxygens (including phenoxy) is 1. The van der Waals surface area contributed by atoms with Gasteiger partial charge in [-0.15, -0.1) is 0 Å². The summed E-state index contributed by atoms with van der Waals surface area (Å²) in [6.45, 7) is 7.14. The van der Waals surface area contributed by atoms with Crippen LogP contribution in [0.1, 0.15) is 33.1 Å². The highest BCUT2D eigenvalue weighted by molar-refractivity contribution is 4.83. The van der Waals surface area contributed by atoms with E-state index in [2.05, 4.69) is 25.8 Å². The number of nitrogens with zero attached hydrogens (tertiary/aromatic N) is 1. The van der Waals surface area contributed by atoms with E-state index < -0.39 is 0 Å². The van der Waals surface area contributed by atoms with E-state index in [4.69, 9.17) is 10.5 Å². The van der Waals surface area contributed by atoms with Gasteiger partial charge in [0.2, 0.25) is 0 Å². The van der Waals surface area contributed by atoms with Gasteiger partial charge in [0, 0.05) is 12.6 Å². The molecule has 1 unspecified atom stereocenters. The molecule has 3 heteroatoms. The van der Waals surface area contributed by atoms with Gasteiger partial charge in [-0.3, -0.25) is 0 Å². The van der Waals surface area contributed by atoms with Crippen LogP contribution < -0.4 is 5.73 Å². The zero-order valence-corrected chi connectivity index (χ0v) is 9.75. The first kappa shape index (κ1) is 12.0. The van der Waals surface area contributed by atoms with Gasteiger partial charge in [0.15, 0.2) is 0 Å². The Bertz CT molecular complexity index is 171. The van der Waals surface area contributed by atoms with Gasteiger partial charge < -0.3 is 15.4 Å². The van der Waals surface area contributed by atoms with Gasteiger partial charge in [-0.05, 0) is 53.2 Å². The summed E-state index contributed by atoms with van der Waals surface area (Å²) in [5.41, 5.74) is 5.56. The molecule has 0 aliphatic carbocycles. The Morgan fingerprint density at radius 2 is 2.21 bits per heavy atom. The Hall–Kier alpha value is -0.120. The summed E-state index contributed by atoms with van der Waals surface area (Å²) in [4.78, 5) is 2.43. The van der Waals surface area contributed by atoms with E-state index in [1.807, 2.05) is 0 Å². The predicted molar refractivity (Wildman–Crippen MR) is 59.4 cm³/mol. The van der Waals surface area contributed by atoms with E-state index in [0.29, 0.717) is 6.04 Å². The first-order valence-corrected chi connectivity index (χ1v) is 5.59. The smallest absolute Gasteiger partial charge is 0.0641 e. The zero-order valence-electron chi connectivity index (χ0n) is 9.75. The molecule has 84 valence electrons. The Morgan fingerprint density at radius 1 is 1.50 bits per heavy atom. The van der Waals surface area contributed by atoms with Crippen LogP contribution in [0.15, 0.2) is 0 Å². The first-order valence-electron chi connectivity index (χ1n) is 5.59. The zero-order chi connectivity index (χ0) is 10.6. The van der Waals surface area contributed by atoms with Crippen LogP contribution in [-0.4, -0.2) is 43.3 Å². The lowest BCUT2D eigenvalue weighted by atomic mass is 9.93. The van der Waals surface area contributed by atoms with Gasteiger partial charge in [0.1, 0.15) is 0 Å². The molecule has 1 rings (SSSR count). The minimum absolute atomic E-state index is 0.0554. The summed E-state index contributed by atoms with van der Waals surface area (Å²) < 4.78 is 5.70. The molecule has 0 bridgehead atoms. The molecule has 0 aromatic rings. The van der Waals surface area contributed by atoms with Gasteiger partial charge in [-0.2, -0.15) is 0 Å². The Morgan fingerprint density at radius 3 is 2.79 bits per heavy atom. The number of hydrogen-bond acceptors (Lipinski definition) is 3. The molecule has 1 heterocycles. The highest BCUT2D eigenvalue weighted by Crippen LogP contribution is 2.26. The standard InChI is InChI=1S/C11H24N2O/c1-11(2)9-10(5-8-14-11)13(3)7-4-6-12/h10H,4-9,12H2,1-3H3. The largest absolute Gasteiger partial charge is 0.375 e. The van der Waals surface area contributed by atoms with Crippen molar-refractivity contribution in [2.75, 3.05) is 26.7 Å². The summed E-state index contributed by atoms with van der Waals surface area (Å²) in [7, 11) is 2.20. The summed E-state index contributed by atoms with van der Waals surface area (Å²) in [5, 5.41) is 0. The van der Waals surface area contributed by atoms with E-state index >= 15 is 0 Å². The lowest BCUT2D eigenvalue weighted by Crippen LogP contribution is -2.45. The number of rotatable bonds is 4. The molecular weight excluding hydrogens is 176 g/mol. The molecule has 0 aromatic carbocycles. The quantitative estimate of drug-likeness (QED) is 0.741. The van der Waals surface area contributed by atoms with Gasteiger partial charge in [-0.1, -0.05) is 0 Å². The molecule has 1 atom stereocenters. The maximum Gasteiger partial charge on any atom is 0.0641 e. The van der Waals surface area contributed by atoms with Crippen LogP contribution in [0, 0.1) is 0 Å². The van der Waals surface area contributed by atoms with E-state index in [0.717, 1.165) is 39.0 Å². The van der Waals surface area contributed by atoms with Crippen molar-refractivity contribution in [3.8, 4) is 0 Å². The number of nitrogens with two attached hydrogens (primary N) is 1. The van der Waals surface area contributed by atoms with Gasteiger partial charge in [-0.25, -0.2) is 0 Å². The third-order valence-electron chi connectivity index (χ3n) is 3.01. The summed E-state index contributed by atoms with van der Waals surface area (Å²) in [6, 6.07) is 0.672. The van der Waals surface area contributed by atoms with Crippen molar-refractivity contribution in [1.29, 1.82) is 0 Å². The highest BCUT2D eigenvalue weighted by atomic mass is 16.5. The summed E-state index contributed by atoms with van der Waals surface area (Å²) in [5.74, 6) is 0. The van der Waals surface area contributed by atoms with E-state index in [1.54, 1.807) is 0 Å². The van der Waals surface area contributed by atoms with E-state index in [-0.39, 0.29) is 5.60 Å². The summed E-state index contributed by atoms with van der Waals surface area (Å²) >= 11 is 0. The van der Waals surface area contributed by atoms with Gasteiger partial charge >= 0.3 is 0 Å². The van der Waals surface area contributed by atoms with E-state index in [9.17, 15) is 0 Å². The normalized spacial score (nSPS) is 26.8. The van der Waals surface area contributed by atoms with Crippen molar-refractivity contribution in [2.45, 2.75) is 44.8 Å². The van der Waals surface area contributed by atoms with Crippen molar-refractivity contribution in [2.24, 2.45) is 5.73 Å². The Kier molecular flexibility index (Phi) is 4.35. The molecule has 1 aliphatic rings. The van der Waals surface area contributed by atoms with Crippen LogP contribution in [0.3, 0.4) is 0 Å². The maximum atomic E-state index is 5.70. The Balaban J connectivity index is 2.35. The second-order valence-electron chi connectivity index (χ2n) is 4.88. The molecule has 0 spiro atoms. The molecule has 0 saturated carbocycles. The fraction of sp³-hybridized carbons (Fsp3) is 1.00. The molecule has 0 aromatic heterocycles. The topological polar surface area (TPSA) is 38.5 Å². The second-order valence-corrected chi connectivity index (χ2v) is 4.88.